The molecule has 1 aliphatic rings. The SMILES string of the molecule is C=CC(=O)N[C@H]1COC[C@H]1Nc1cc2c(NCCN(C)C)nc(-c3c(Cl)c(OC)cc(OC)c3Cl)cc2cn1. The van der Waals surface area contributed by atoms with Gasteiger partial charge in [0.25, 0.3) is 0 Å². The van der Waals surface area contributed by atoms with Gasteiger partial charge in [-0.2, -0.15) is 0 Å². The number of nitrogens with zero attached hydrogens (tertiary/aromatic N) is 3. The van der Waals surface area contributed by atoms with Gasteiger partial charge in [-0.05, 0) is 32.3 Å². The molecule has 0 spiro atoms. The molecule has 1 fully saturated rings. The number of halogens is 2. The number of hydrogen-bond acceptors (Lipinski definition) is 9. The lowest BCUT2D eigenvalue weighted by molar-refractivity contribution is -0.117. The van der Waals surface area contributed by atoms with Crippen LogP contribution >= 0.6 is 23.2 Å². The molecule has 3 heterocycles. The predicted molar refractivity (Wildman–Crippen MR) is 155 cm³/mol. The van der Waals surface area contributed by atoms with E-state index in [1.807, 2.05) is 26.2 Å². The van der Waals surface area contributed by atoms with Crippen molar-refractivity contribution in [2.45, 2.75) is 12.1 Å². The van der Waals surface area contributed by atoms with Crippen LogP contribution in [0, 0.1) is 0 Å². The molecule has 2 atom stereocenters. The molecule has 1 amide bonds. The Bertz CT molecular complexity index is 1340. The molecule has 10 nitrogen and oxygen atoms in total. The second-order valence-electron chi connectivity index (χ2n) is 9.27. The summed E-state index contributed by atoms with van der Waals surface area (Å²) in [5, 5.41) is 12.0. The Balaban J connectivity index is 1.76. The fourth-order valence-corrected chi connectivity index (χ4v) is 4.96. The number of ether oxygens (including phenoxy) is 3. The molecule has 3 N–H and O–H groups in total. The van der Waals surface area contributed by atoms with Crippen molar-refractivity contribution >= 4 is 51.5 Å². The topological polar surface area (TPSA) is 110 Å². The highest BCUT2D eigenvalue weighted by molar-refractivity contribution is 6.41. The first-order valence-corrected chi connectivity index (χ1v) is 13.1. The van der Waals surface area contributed by atoms with E-state index < -0.39 is 0 Å². The van der Waals surface area contributed by atoms with Crippen LogP contribution in [0.4, 0.5) is 11.6 Å². The summed E-state index contributed by atoms with van der Waals surface area (Å²) in [6.45, 7) is 5.80. The summed E-state index contributed by atoms with van der Waals surface area (Å²) in [5.41, 5.74) is 1.04. The summed E-state index contributed by atoms with van der Waals surface area (Å²) in [5.74, 6) is 1.86. The number of carbonyl (C=O) groups is 1. The molecule has 3 aromatic rings. The number of amides is 1. The summed E-state index contributed by atoms with van der Waals surface area (Å²) in [7, 11) is 7.06. The molecule has 0 unspecified atom stereocenters. The highest BCUT2D eigenvalue weighted by Gasteiger charge is 2.29. The number of anilines is 2. The van der Waals surface area contributed by atoms with Crippen LogP contribution in [0.15, 0.2) is 37.1 Å². The molecule has 0 radical (unpaired) electrons. The molecule has 0 saturated carbocycles. The van der Waals surface area contributed by atoms with Gasteiger partial charge in [0.15, 0.2) is 0 Å². The number of rotatable bonds is 11. The third kappa shape index (κ3) is 6.47. The first kappa shape index (κ1) is 28.7. The van der Waals surface area contributed by atoms with Crippen molar-refractivity contribution in [2.24, 2.45) is 0 Å². The number of aromatic nitrogens is 2. The largest absolute Gasteiger partial charge is 0.495 e. The zero-order valence-corrected chi connectivity index (χ0v) is 23.8. The second-order valence-corrected chi connectivity index (χ2v) is 10.0. The summed E-state index contributed by atoms with van der Waals surface area (Å²) < 4.78 is 16.5. The first-order valence-electron chi connectivity index (χ1n) is 12.3. The van der Waals surface area contributed by atoms with Crippen molar-refractivity contribution in [3.8, 4) is 22.8 Å². The van der Waals surface area contributed by atoms with Crippen molar-refractivity contribution in [1.29, 1.82) is 0 Å². The molecule has 1 aromatic carbocycles. The van der Waals surface area contributed by atoms with Gasteiger partial charge in [-0.3, -0.25) is 4.79 Å². The monoisotopic (exact) mass is 574 g/mol. The number of hydrogen-bond donors (Lipinski definition) is 3. The third-order valence-corrected chi connectivity index (χ3v) is 7.07. The van der Waals surface area contributed by atoms with Gasteiger partial charge >= 0.3 is 0 Å². The van der Waals surface area contributed by atoms with E-state index in [1.165, 1.54) is 20.3 Å². The molecular weight excluding hydrogens is 543 g/mol. The average Bonchev–Trinajstić information content (AvgIpc) is 3.34. The van der Waals surface area contributed by atoms with Crippen LogP contribution < -0.4 is 25.4 Å². The Hall–Kier alpha value is -3.31. The fraction of sp³-hybridized carbons (Fsp3) is 0.370. The van der Waals surface area contributed by atoms with Crippen molar-refractivity contribution < 1.29 is 19.0 Å². The minimum atomic E-state index is -0.251. The molecule has 39 heavy (non-hydrogen) atoms. The Kier molecular flexibility index (Phi) is 9.34. The highest BCUT2D eigenvalue weighted by atomic mass is 35.5. The molecule has 0 bridgehead atoms. The van der Waals surface area contributed by atoms with Gasteiger partial charge in [-0.25, -0.2) is 9.97 Å². The van der Waals surface area contributed by atoms with E-state index in [-0.39, 0.29) is 18.0 Å². The molecule has 1 saturated heterocycles. The van der Waals surface area contributed by atoms with Gasteiger partial charge in [0.05, 0.1) is 55.3 Å². The fourth-order valence-electron chi connectivity index (χ4n) is 4.27. The van der Waals surface area contributed by atoms with Crippen LogP contribution in [0.1, 0.15) is 0 Å². The summed E-state index contributed by atoms with van der Waals surface area (Å²) in [4.78, 5) is 23.4. The Morgan fingerprint density at radius 3 is 2.49 bits per heavy atom. The molecule has 208 valence electrons. The van der Waals surface area contributed by atoms with Crippen LogP contribution in [0.25, 0.3) is 22.0 Å². The number of fused-ring (bicyclic) bond motifs is 1. The second kappa shape index (κ2) is 12.7. The van der Waals surface area contributed by atoms with Crippen molar-refractivity contribution in [1.82, 2.24) is 20.2 Å². The van der Waals surface area contributed by atoms with Crippen LogP contribution in [-0.2, 0) is 9.53 Å². The van der Waals surface area contributed by atoms with Crippen LogP contribution in [0.5, 0.6) is 11.5 Å². The molecule has 4 rings (SSSR count). The quantitative estimate of drug-likeness (QED) is 0.292. The van der Waals surface area contributed by atoms with Crippen molar-refractivity contribution in [3.63, 3.8) is 0 Å². The van der Waals surface area contributed by atoms with Gasteiger partial charge in [0, 0.05) is 41.7 Å². The van der Waals surface area contributed by atoms with E-state index in [4.69, 9.17) is 42.4 Å². The standard InChI is InChI=1S/C27H32Cl2N6O4/c1-6-23(36)33-19-14-39-13-18(19)32-22-10-16-15(12-31-22)9-17(34-27(16)30-7-8-35(2)3)24-25(28)20(37-4)11-21(38-5)26(24)29/h6,9-12,18-19H,1,7-8,13-14H2,2-5H3,(H,30,34)(H,31,32)(H,33,36)/t18-,19+/m1/s1. The van der Waals surface area contributed by atoms with Gasteiger partial charge in [0.2, 0.25) is 5.91 Å². The highest BCUT2D eigenvalue weighted by Crippen LogP contribution is 2.46. The van der Waals surface area contributed by atoms with E-state index in [1.54, 1.807) is 12.3 Å². The molecule has 12 heteroatoms. The smallest absolute Gasteiger partial charge is 0.243 e. The van der Waals surface area contributed by atoms with Gasteiger partial charge in [0.1, 0.15) is 23.1 Å². The maximum atomic E-state index is 11.8. The lowest BCUT2D eigenvalue weighted by atomic mass is 10.1. The number of nitrogens with one attached hydrogen (secondary N) is 3. The summed E-state index contributed by atoms with van der Waals surface area (Å²) in [6.07, 6.45) is 3.00. The third-order valence-electron chi connectivity index (χ3n) is 6.32. The van der Waals surface area contributed by atoms with Crippen LogP contribution in [0.3, 0.4) is 0 Å². The predicted octanol–water partition coefficient (Wildman–Crippen LogP) is 4.08. The lowest BCUT2D eigenvalue weighted by Gasteiger charge is -2.21. The Labute approximate surface area is 237 Å². The van der Waals surface area contributed by atoms with E-state index in [9.17, 15) is 4.79 Å². The molecule has 2 aromatic heterocycles. The maximum Gasteiger partial charge on any atom is 0.243 e. The number of likely N-dealkylation sites (N-methyl/N-ethyl adjacent to an activating group) is 1. The minimum absolute atomic E-state index is 0.155. The number of methoxy groups -OCH3 is 2. The number of pyridine rings is 2. The van der Waals surface area contributed by atoms with E-state index in [0.717, 1.165) is 17.3 Å². The molecular formula is C27H32Cl2N6O4. The minimum Gasteiger partial charge on any atom is -0.495 e. The molecule has 1 aliphatic heterocycles. The Morgan fingerprint density at radius 1 is 1.15 bits per heavy atom. The van der Waals surface area contributed by atoms with Gasteiger partial charge < -0.3 is 35.1 Å². The molecule has 0 aliphatic carbocycles. The van der Waals surface area contributed by atoms with Gasteiger partial charge in [-0.1, -0.05) is 29.8 Å². The summed E-state index contributed by atoms with van der Waals surface area (Å²) >= 11 is 13.4. The van der Waals surface area contributed by atoms with E-state index in [0.29, 0.717) is 64.2 Å². The Morgan fingerprint density at radius 2 is 1.85 bits per heavy atom. The maximum absolute atomic E-state index is 11.8. The van der Waals surface area contributed by atoms with Crippen molar-refractivity contribution in [2.75, 3.05) is 65.3 Å². The zero-order chi connectivity index (χ0) is 28.1. The average molecular weight is 575 g/mol. The van der Waals surface area contributed by atoms with E-state index in [2.05, 4.69) is 32.4 Å². The summed E-state index contributed by atoms with van der Waals surface area (Å²) in [6, 6.07) is 5.07. The lowest BCUT2D eigenvalue weighted by Crippen LogP contribution is -2.45. The van der Waals surface area contributed by atoms with Crippen LogP contribution in [-0.4, -0.2) is 87.5 Å². The van der Waals surface area contributed by atoms with E-state index >= 15 is 0 Å². The van der Waals surface area contributed by atoms with Crippen molar-refractivity contribution in [3.05, 3.63) is 47.1 Å². The zero-order valence-electron chi connectivity index (χ0n) is 22.3. The number of benzene rings is 1. The van der Waals surface area contributed by atoms with Gasteiger partial charge in [-0.15, -0.1) is 0 Å². The number of carbonyl (C=O) groups excluding carboxylic acids is 1. The van der Waals surface area contributed by atoms with Crippen LogP contribution in [0.2, 0.25) is 10.0 Å². The normalized spacial score (nSPS) is 16.8. The first-order chi connectivity index (χ1) is 18.7.